The van der Waals surface area contributed by atoms with E-state index < -0.39 is 23.5 Å². The molecular formula is C28H25ClFNO4. The highest BCUT2D eigenvalue weighted by molar-refractivity contribution is 6.51. The molecule has 7 heteroatoms. The minimum Gasteiger partial charge on any atom is -0.507 e. The number of methoxy groups -OCH3 is 1. The van der Waals surface area contributed by atoms with Gasteiger partial charge in [0.2, 0.25) is 0 Å². The Kier molecular flexibility index (Phi) is 6.43. The molecule has 0 saturated carbocycles. The monoisotopic (exact) mass is 493 g/mol. The third-order valence-electron chi connectivity index (χ3n) is 6.02. The standard InChI is InChI=1S/C28H25ClFNO4/c1-28(2,3)21-15-17(7-14-22(21)35-4)25(32)23-24(16-5-10-19(30)11-6-16)31(27(34)26(23)33)20-12-8-18(29)9-13-20/h5-15,24,32H,1-4H3/b25-23-. The quantitative estimate of drug-likeness (QED) is 0.259. The highest BCUT2D eigenvalue weighted by Crippen LogP contribution is 2.43. The van der Waals surface area contributed by atoms with E-state index in [9.17, 15) is 19.1 Å². The minimum absolute atomic E-state index is 0.0819. The highest BCUT2D eigenvalue weighted by Gasteiger charge is 2.47. The van der Waals surface area contributed by atoms with Crippen molar-refractivity contribution in [3.05, 3.63) is 99.8 Å². The summed E-state index contributed by atoms with van der Waals surface area (Å²) in [5.41, 5.74) is 1.71. The van der Waals surface area contributed by atoms with E-state index in [1.165, 1.54) is 29.2 Å². The first-order valence-corrected chi connectivity index (χ1v) is 11.4. The third-order valence-corrected chi connectivity index (χ3v) is 6.27. The normalized spacial score (nSPS) is 17.7. The molecule has 1 saturated heterocycles. The van der Waals surface area contributed by atoms with Crippen LogP contribution in [0.4, 0.5) is 10.1 Å². The Hall–Kier alpha value is -3.64. The maximum Gasteiger partial charge on any atom is 0.300 e. The van der Waals surface area contributed by atoms with Crippen molar-refractivity contribution in [1.82, 2.24) is 0 Å². The van der Waals surface area contributed by atoms with Crippen LogP contribution in [0.2, 0.25) is 5.02 Å². The molecule has 3 aromatic rings. The number of ketones is 1. The summed E-state index contributed by atoms with van der Waals surface area (Å²) in [6.45, 7) is 6.02. The Morgan fingerprint density at radius 1 is 1.00 bits per heavy atom. The maximum absolute atomic E-state index is 13.7. The van der Waals surface area contributed by atoms with Crippen LogP contribution < -0.4 is 9.64 Å². The van der Waals surface area contributed by atoms with Gasteiger partial charge < -0.3 is 9.84 Å². The number of aliphatic hydroxyl groups excluding tert-OH is 1. The number of anilines is 1. The Morgan fingerprint density at radius 2 is 1.63 bits per heavy atom. The second kappa shape index (κ2) is 9.19. The third kappa shape index (κ3) is 4.54. The Bertz CT molecular complexity index is 1320. The van der Waals surface area contributed by atoms with Gasteiger partial charge in [-0.25, -0.2) is 4.39 Å². The van der Waals surface area contributed by atoms with Gasteiger partial charge in [0.25, 0.3) is 11.7 Å². The SMILES string of the molecule is COc1ccc(/C(O)=C2/C(=O)C(=O)N(c3ccc(Cl)cc3)C2c2ccc(F)cc2)cc1C(C)(C)C. The molecule has 0 aromatic heterocycles. The van der Waals surface area contributed by atoms with Gasteiger partial charge >= 0.3 is 0 Å². The molecule has 0 radical (unpaired) electrons. The van der Waals surface area contributed by atoms with Crippen molar-refractivity contribution >= 4 is 34.7 Å². The van der Waals surface area contributed by atoms with E-state index in [2.05, 4.69) is 0 Å². The first-order chi connectivity index (χ1) is 16.5. The van der Waals surface area contributed by atoms with Crippen LogP contribution in [-0.2, 0) is 15.0 Å². The van der Waals surface area contributed by atoms with Gasteiger partial charge in [-0.05, 0) is 65.6 Å². The van der Waals surface area contributed by atoms with Crippen molar-refractivity contribution in [1.29, 1.82) is 0 Å². The van der Waals surface area contributed by atoms with Gasteiger partial charge in [0, 0.05) is 21.8 Å². The lowest BCUT2D eigenvalue weighted by molar-refractivity contribution is -0.132. The zero-order valence-corrected chi connectivity index (χ0v) is 20.6. The summed E-state index contributed by atoms with van der Waals surface area (Å²) in [6.07, 6.45) is 0. The summed E-state index contributed by atoms with van der Waals surface area (Å²) >= 11 is 6.02. The first-order valence-electron chi connectivity index (χ1n) is 11.0. The molecule has 4 rings (SSSR count). The smallest absolute Gasteiger partial charge is 0.300 e. The van der Waals surface area contributed by atoms with Gasteiger partial charge in [-0.2, -0.15) is 0 Å². The molecule has 3 aromatic carbocycles. The van der Waals surface area contributed by atoms with Gasteiger partial charge in [0.05, 0.1) is 18.7 Å². The Balaban J connectivity index is 1.95. The lowest BCUT2D eigenvalue weighted by atomic mass is 9.84. The number of benzene rings is 3. The van der Waals surface area contributed by atoms with E-state index in [0.29, 0.717) is 27.6 Å². The van der Waals surface area contributed by atoms with Gasteiger partial charge in [0.15, 0.2) is 0 Å². The number of carbonyl (C=O) groups excluding carboxylic acids is 2. The molecule has 1 aliphatic heterocycles. The second-order valence-corrected chi connectivity index (χ2v) is 9.80. The number of Topliss-reactive ketones (excluding diaryl/α,β-unsaturated/α-hetero) is 1. The highest BCUT2D eigenvalue weighted by atomic mass is 35.5. The molecule has 35 heavy (non-hydrogen) atoms. The van der Waals surface area contributed by atoms with Crippen LogP contribution in [0, 0.1) is 5.82 Å². The summed E-state index contributed by atoms with van der Waals surface area (Å²) in [6, 6.07) is 16.1. The second-order valence-electron chi connectivity index (χ2n) is 9.36. The summed E-state index contributed by atoms with van der Waals surface area (Å²) in [5.74, 6) is -1.76. The van der Waals surface area contributed by atoms with E-state index in [4.69, 9.17) is 16.3 Å². The van der Waals surface area contributed by atoms with Crippen LogP contribution in [0.5, 0.6) is 5.75 Å². The molecule has 1 heterocycles. The number of amides is 1. The summed E-state index contributed by atoms with van der Waals surface area (Å²) in [5, 5.41) is 11.9. The van der Waals surface area contributed by atoms with Crippen molar-refractivity contribution in [3.63, 3.8) is 0 Å². The summed E-state index contributed by atoms with van der Waals surface area (Å²) in [7, 11) is 1.57. The molecule has 180 valence electrons. The van der Waals surface area contributed by atoms with Crippen molar-refractivity contribution in [2.24, 2.45) is 0 Å². The summed E-state index contributed by atoms with van der Waals surface area (Å²) in [4.78, 5) is 27.8. The molecule has 5 nitrogen and oxygen atoms in total. The van der Waals surface area contributed by atoms with Gasteiger partial charge in [-0.3, -0.25) is 14.5 Å². The molecule has 1 amide bonds. The van der Waals surface area contributed by atoms with Crippen LogP contribution in [-0.4, -0.2) is 23.9 Å². The summed E-state index contributed by atoms with van der Waals surface area (Å²) < 4.78 is 19.2. The van der Waals surface area contributed by atoms with Crippen molar-refractivity contribution < 1.29 is 23.8 Å². The Labute approximate surface area is 208 Å². The molecule has 0 bridgehead atoms. The Morgan fingerprint density at radius 3 is 2.20 bits per heavy atom. The van der Waals surface area contributed by atoms with Crippen molar-refractivity contribution in [2.45, 2.75) is 32.2 Å². The van der Waals surface area contributed by atoms with Gasteiger partial charge in [-0.15, -0.1) is 0 Å². The van der Waals surface area contributed by atoms with Crippen LogP contribution in [0.25, 0.3) is 5.76 Å². The fourth-order valence-corrected chi connectivity index (χ4v) is 4.38. The minimum atomic E-state index is -0.961. The van der Waals surface area contributed by atoms with Crippen molar-refractivity contribution in [3.8, 4) is 5.75 Å². The zero-order chi connectivity index (χ0) is 25.5. The van der Waals surface area contributed by atoms with Crippen molar-refractivity contribution in [2.75, 3.05) is 12.0 Å². The average Bonchev–Trinajstić information content (AvgIpc) is 3.09. The zero-order valence-electron chi connectivity index (χ0n) is 19.8. The lowest BCUT2D eigenvalue weighted by Crippen LogP contribution is -2.29. The number of carbonyl (C=O) groups is 2. The molecule has 1 N–H and O–H groups in total. The van der Waals surface area contributed by atoms with Crippen LogP contribution in [0.15, 0.2) is 72.3 Å². The van der Waals surface area contributed by atoms with E-state index in [0.717, 1.165) is 5.56 Å². The predicted molar refractivity (Wildman–Crippen MR) is 134 cm³/mol. The predicted octanol–water partition coefficient (Wildman–Crippen LogP) is 6.41. The maximum atomic E-state index is 13.7. The van der Waals surface area contributed by atoms with Crippen LogP contribution in [0.3, 0.4) is 0 Å². The molecule has 1 unspecified atom stereocenters. The van der Waals surface area contributed by atoms with Crippen LogP contribution in [0.1, 0.15) is 43.5 Å². The van der Waals surface area contributed by atoms with E-state index >= 15 is 0 Å². The molecule has 0 aliphatic carbocycles. The first kappa shape index (κ1) is 24.5. The van der Waals surface area contributed by atoms with E-state index in [1.54, 1.807) is 49.6 Å². The van der Waals surface area contributed by atoms with Gasteiger partial charge in [0.1, 0.15) is 17.3 Å². The topological polar surface area (TPSA) is 66.8 Å². The molecular weight excluding hydrogens is 469 g/mol. The van der Waals surface area contributed by atoms with Gasteiger partial charge in [-0.1, -0.05) is 44.5 Å². The fourth-order valence-electron chi connectivity index (χ4n) is 4.26. The number of halogens is 2. The molecule has 1 atom stereocenters. The number of hydrogen-bond acceptors (Lipinski definition) is 4. The van der Waals surface area contributed by atoms with E-state index in [1.807, 2.05) is 20.8 Å². The number of aliphatic hydroxyl groups is 1. The average molecular weight is 494 g/mol. The molecule has 1 fully saturated rings. The molecule has 1 aliphatic rings. The number of rotatable bonds is 4. The molecule has 0 spiro atoms. The lowest BCUT2D eigenvalue weighted by Gasteiger charge is -2.26. The fraction of sp³-hybridized carbons (Fsp3) is 0.214. The largest absolute Gasteiger partial charge is 0.507 e. The number of hydrogen-bond donors (Lipinski definition) is 1. The van der Waals surface area contributed by atoms with E-state index in [-0.39, 0.29) is 16.7 Å². The number of nitrogens with zero attached hydrogens (tertiary/aromatic N) is 1. The number of ether oxygens (including phenoxy) is 1. The van der Waals surface area contributed by atoms with Crippen LogP contribution >= 0.6 is 11.6 Å².